The van der Waals surface area contributed by atoms with Crippen LogP contribution in [-0.2, 0) is 14.8 Å². The summed E-state index contributed by atoms with van der Waals surface area (Å²) in [4.78, 5) is 14.8. The van der Waals surface area contributed by atoms with Crippen molar-refractivity contribution in [2.75, 3.05) is 26.2 Å². The van der Waals surface area contributed by atoms with Crippen LogP contribution in [0.5, 0.6) is 5.75 Å². The summed E-state index contributed by atoms with van der Waals surface area (Å²) < 4.78 is 32.7. The van der Waals surface area contributed by atoms with Crippen LogP contribution in [0.3, 0.4) is 0 Å². The number of benzene rings is 2. The second kappa shape index (κ2) is 8.94. The molecule has 1 aliphatic heterocycles. The summed E-state index contributed by atoms with van der Waals surface area (Å²) in [6.45, 7) is 3.07. The van der Waals surface area contributed by atoms with E-state index in [4.69, 9.17) is 16.3 Å². The summed E-state index contributed by atoms with van der Waals surface area (Å²) in [7, 11) is -3.54. The molecule has 1 amide bonds. The van der Waals surface area contributed by atoms with Crippen LogP contribution in [0.4, 0.5) is 0 Å². The predicted octanol–water partition coefficient (Wildman–Crippen LogP) is 3.03. The first-order chi connectivity index (χ1) is 13.4. The Bertz CT molecular complexity index is 913. The standard InChI is InChI=1S/C20H23ClN2O4S/c1-2-19(27-17-8-6-7-16(21)15-17)20(24)22-11-13-23(14-12-22)28(25,26)18-9-4-3-5-10-18/h3-10,15,19H,2,11-14H2,1H3/t19-/m0/s1. The number of carbonyl (C=O) groups excluding carboxylic acids is 1. The molecule has 1 fully saturated rings. The van der Waals surface area contributed by atoms with Crippen molar-refractivity contribution in [3.63, 3.8) is 0 Å². The van der Waals surface area contributed by atoms with Gasteiger partial charge in [0.2, 0.25) is 10.0 Å². The van der Waals surface area contributed by atoms with Gasteiger partial charge in [-0.15, -0.1) is 0 Å². The van der Waals surface area contributed by atoms with Crippen molar-refractivity contribution in [1.82, 2.24) is 9.21 Å². The van der Waals surface area contributed by atoms with Crippen LogP contribution in [0, 0.1) is 0 Å². The third-order valence-electron chi connectivity index (χ3n) is 4.65. The third kappa shape index (κ3) is 4.66. The topological polar surface area (TPSA) is 66.9 Å². The third-order valence-corrected chi connectivity index (χ3v) is 6.80. The lowest BCUT2D eigenvalue weighted by Gasteiger charge is -2.35. The van der Waals surface area contributed by atoms with E-state index in [9.17, 15) is 13.2 Å². The van der Waals surface area contributed by atoms with Gasteiger partial charge in [-0.25, -0.2) is 8.42 Å². The van der Waals surface area contributed by atoms with E-state index < -0.39 is 16.1 Å². The molecule has 3 rings (SSSR count). The number of sulfonamides is 1. The number of rotatable bonds is 6. The maximum atomic E-state index is 12.8. The van der Waals surface area contributed by atoms with Crippen molar-refractivity contribution in [3.8, 4) is 5.75 Å². The molecule has 0 bridgehead atoms. The van der Waals surface area contributed by atoms with Crippen LogP contribution in [0.15, 0.2) is 59.5 Å². The van der Waals surface area contributed by atoms with E-state index in [2.05, 4.69) is 0 Å². The zero-order valence-corrected chi connectivity index (χ0v) is 17.2. The molecular weight excluding hydrogens is 400 g/mol. The highest BCUT2D eigenvalue weighted by Gasteiger charge is 2.32. The van der Waals surface area contributed by atoms with E-state index in [0.717, 1.165) is 0 Å². The summed E-state index contributed by atoms with van der Waals surface area (Å²) in [5.41, 5.74) is 0. The van der Waals surface area contributed by atoms with E-state index in [-0.39, 0.29) is 23.9 Å². The molecule has 8 heteroatoms. The zero-order valence-electron chi connectivity index (χ0n) is 15.6. The van der Waals surface area contributed by atoms with Gasteiger partial charge in [0.1, 0.15) is 5.75 Å². The molecule has 150 valence electrons. The van der Waals surface area contributed by atoms with Gasteiger partial charge in [0, 0.05) is 31.2 Å². The first-order valence-corrected chi connectivity index (χ1v) is 11.0. The van der Waals surface area contributed by atoms with Gasteiger partial charge in [0.05, 0.1) is 4.90 Å². The first-order valence-electron chi connectivity index (χ1n) is 9.18. The molecular formula is C20H23ClN2O4S. The first kappa shape index (κ1) is 20.6. The molecule has 0 aromatic heterocycles. The van der Waals surface area contributed by atoms with Gasteiger partial charge in [-0.05, 0) is 36.8 Å². The second-order valence-corrected chi connectivity index (χ2v) is 8.89. The van der Waals surface area contributed by atoms with Gasteiger partial charge < -0.3 is 9.64 Å². The fraction of sp³-hybridized carbons (Fsp3) is 0.350. The van der Waals surface area contributed by atoms with Crippen LogP contribution >= 0.6 is 11.6 Å². The van der Waals surface area contributed by atoms with Gasteiger partial charge in [-0.1, -0.05) is 42.8 Å². The highest BCUT2D eigenvalue weighted by atomic mass is 35.5. The molecule has 0 aliphatic carbocycles. The van der Waals surface area contributed by atoms with Crippen molar-refractivity contribution in [2.24, 2.45) is 0 Å². The van der Waals surface area contributed by atoms with E-state index >= 15 is 0 Å². The second-order valence-electron chi connectivity index (χ2n) is 6.51. The van der Waals surface area contributed by atoms with Gasteiger partial charge in [0.25, 0.3) is 5.91 Å². The fourth-order valence-corrected chi connectivity index (χ4v) is 4.73. The SMILES string of the molecule is CC[C@H](Oc1cccc(Cl)c1)C(=O)N1CCN(S(=O)(=O)c2ccccc2)CC1. The summed E-state index contributed by atoms with van der Waals surface area (Å²) >= 11 is 5.97. The molecule has 28 heavy (non-hydrogen) atoms. The summed E-state index contributed by atoms with van der Waals surface area (Å²) in [6, 6.07) is 15.3. The minimum absolute atomic E-state index is 0.140. The molecule has 0 N–H and O–H groups in total. The maximum Gasteiger partial charge on any atom is 0.263 e. The Hall–Kier alpha value is -2.09. The highest BCUT2D eigenvalue weighted by molar-refractivity contribution is 7.89. The van der Waals surface area contributed by atoms with Gasteiger partial charge >= 0.3 is 0 Å². The minimum Gasteiger partial charge on any atom is -0.481 e. The number of nitrogens with zero attached hydrogens (tertiary/aromatic N) is 2. The maximum absolute atomic E-state index is 12.8. The number of hydrogen-bond donors (Lipinski definition) is 0. The van der Waals surface area contributed by atoms with Crippen molar-refractivity contribution in [1.29, 1.82) is 0 Å². The summed E-state index contributed by atoms with van der Waals surface area (Å²) in [5, 5.41) is 0.541. The Labute approximate surface area is 170 Å². The van der Waals surface area contributed by atoms with Crippen molar-refractivity contribution >= 4 is 27.5 Å². The van der Waals surface area contributed by atoms with Crippen molar-refractivity contribution in [2.45, 2.75) is 24.3 Å². The molecule has 0 radical (unpaired) electrons. The number of ether oxygens (including phenoxy) is 1. The zero-order chi connectivity index (χ0) is 20.1. The van der Waals surface area contributed by atoms with Crippen molar-refractivity contribution in [3.05, 3.63) is 59.6 Å². The highest BCUT2D eigenvalue weighted by Crippen LogP contribution is 2.21. The van der Waals surface area contributed by atoms with Gasteiger partial charge in [-0.3, -0.25) is 4.79 Å². The van der Waals surface area contributed by atoms with E-state index in [1.807, 2.05) is 6.92 Å². The van der Waals surface area contributed by atoms with Crippen LogP contribution in [0.25, 0.3) is 0 Å². The average molecular weight is 423 g/mol. The lowest BCUT2D eigenvalue weighted by atomic mass is 10.2. The Balaban J connectivity index is 1.62. The van der Waals surface area contributed by atoms with E-state index in [0.29, 0.717) is 30.3 Å². The van der Waals surface area contributed by atoms with Crippen LogP contribution in [0.1, 0.15) is 13.3 Å². The average Bonchev–Trinajstić information content (AvgIpc) is 2.72. The molecule has 0 saturated carbocycles. The lowest BCUT2D eigenvalue weighted by molar-refractivity contribution is -0.140. The molecule has 1 atom stereocenters. The number of piperazine rings is 1. The van der Waals surface area contributed by atoms with Gasteiger partial charge in [-0.2, -0.15) is 4.31 Å². The smallest absolute Gasteiger partial charge is 0.263 e. The monoisotopic (exact) mass is 422 g/mol. The van der Waals surface area contributed by atoms with Crippen LogP contribution in [0.2, 0.25) is 5.02 Å². The Morgan fingerprint density at radius 2 is 1.75 bits per heavy atom. The summed E-state index contributed by atoms with van der Waals surface area (Å²) in [5.74, 6) is 0.400. The number of carbonyl (C=O) groups is 1. The van der Waals surface area contributed by atoms with Crippen LogP contribution in [-0.4, -0.2) is 55.8 Å². The Kier molecular flexibility index (Phi) is 6.59. The Morgan fingerprint density at radius 1 is 1.07 bits per heavy atom. The quantitative estimate of drug-likeness (QED) is 0.717. The number of amides is 1. The normalized spacial score (nSPS) is 16.6. The van der Waals surface area contributed by atoms with E-state index in [1.54, 1.807) is 59.5 Å². The Morgan fingerprint density at radius 3 is 2.36 bits per heavy atom. The predicted molar refractivity (Wildman–Crippen MR) is 108 cm³/mol. The molecule has 0 spiro atoms. The van der Waals surface area contributed by atoms with Gasteiger partial charge in [0.15, 0.2) is 6.10 Å². The minimum atomic E-state index is -3.54. The summed E-state index contributed by atoms with van der Waals surface area (Å²) in [6.07, 6.45) is -0.121. The molecule has 2 aromatic rings. The number of halogens is 1. The molecule has 1 heterocycles. The van der Waals surface area contributed by atoms with Crippen molar-refractivity contribution < 1.29 is 17.9 Å². The van der Waals surface area contributed by atoms with E-state index in [1.165, 1.54) is 4.31 Å². The lowest BCUT2D eigenvalue weighted by Crippen LogP contribution is -2.53. The molecule has 1 saturated heterocycles. The molecule has 2 aromatic carbocycles. The largest absolute Gasteiger partial charge is 0.481 e. The van der Waals surface area contributed by atoms with Crippen LogP contribution < -0.4 is 4.74 Å². The molecule has 0 unspecified atom stereocenters. The molecule has 1 aliphatic rings. The fourth-order valence-electron chi connectivity index (χ4n) is 3.11. The number of hydrogen-bond acceptors (Lipinski definition) is 4. The molecule has 6 nitrogen and oxygen atoms in total.